The molecule has 0 fully saturated rings. The number of aromatic nitrogens is 4. The summed E-state index contributed by atoms with van der Waals surface area (Å²) in [7, 11) is 1.80. The number of aryl methyl sites for hydroxylation is 1. The summed E-state index contributed by atoms with van der Waals surface area (Å²) in [6.45, 7) is 3.54. The van der Waals surface area contributed by atoms with E-state index in [2.05, 4.69) is 32.3 Å². The van der Waals surface area contributed by atoms with E-state index in [1.807, 2.05) is 30.3 Å². The monoisotopic (exact) mass is 469 g/mol. The Morgan fingerprint density at radius 2 is 1.94 bits per heavy atom. The maximum atomic E-state index is 13.3. The van der Waals surface area contributed by atoms with Crippen LogP contribution in [-0.2, 0) is 23.2 Å². The normalized spacial score (nSPS) is 10.3. The highest BCUT2D eigenvalue weighted by Crippen LogP contribution is 2.28. The fraction of sp³-hybridized carbons (Fsp3) is 0.0800. The zero-order valence-corrected chi connectivity index (χ0v) is 19.0. The Balaban J connectivity index is 1.65. The summed E-state index contributed by atoms with van der Waals surface area (Å²) in [4.78, 5) is 35.1. The molecular weight excluding hydrogens is 446 g/mol. The number of nitrogens with zero attached hydrogens (tertiary/aromatic N) is 5. The largest absolute Gasteiger partial charge is 0.444 e. The Morgan fingerprint density at radius 3 is 2.69 bits per heavy atom. The van der Waals surface area contributed by atoms with E-state index in [4.69, 9.17) is 4.74 Å². The van der Waals surface area contributed by atoms with Crippen molar-refractivity contribution in [2.24, 2.45) is 7.05 Å². The molecule has 176 valence electrons. The van der Waals surface area contributed by atoms with E-state index in [1.165, 1.54) is 17.2 Å². The minimum atomic E-state index is -0.646. The van der Waals surface area contributed by atoms with Crippen LogP contribution in [-0.4, -0.2) is 31.7 Å². The minimum absolute atomic E-state index is 0.0783. The van der Waals surface area contributed by atoms with Gasteiger partial charge in [-0.15, -0.1) is 0 Å². The molecule has 0 unspecified atom stereocenters. The summed E-state index contributed by atoms with van der Waals surface area (Å²) in [6, 6.07) is 17.7. The Kier molecular flexibility index (Phi) is 7.12. The van der Waals surface area contributed by atoms with Gasteiger partial charge in [0.05, 0.1) is 17.6 Å². The first kappa shape index (κ1) is 23.2. The third-order valence-corrected chi connectivity index (χ3v) is 4.78. The Bertz CT molecular complexity index is 1340. The van der Waals surface area contributed by atoms with Gasteiger partial charge in [-0.3, -0.25) is 9.48 Å². The van der Waals surface area contributed by atoms with Gasteiger partial charge < -0.3 is 15.4 Å². The van der Waals surface area contributed by atoms with Crippen molar-refractivity contribution < 1.29 is 14.3 Å². The molecule has 0 radical (unpaired) electrons. The lowest BCUT2D eigenvalue weighted by atomic mass is 10.2. The van der Waals surface area contributed by atoms with Crippen LogP contribution in [0, 0.1) is 0 Å². The maximum absolute atomic E-state index is 13.3. The Morgan fingerprint density at radius 1 is 1.11 bits per heavy atom. The third-order valence-electron chi connectivity index (χ3n) is 4.78. The molecule has 2 N–H and O–H groups in total. The zero-order valence-electron chi connectivity index (χ0n) is 19.0. The highest BCUT2D eigenvalue weighted by Gasteiger charge is 2.22. The van der Waals surface area contributed by atoms with Gasteiger partial charge in [-0.1, -0.05) is 43.0 Å². The molecule has 2 aromatic carbocycles. The average Bonchev–Trinajstić information content (AvgIpc) is 3.28. The number of anilines is 5. The quantitative estimate of drug-likeness (QED) is 0.364. The second-order valence-electron chi connectivity index (χ2n) is 7.39. The van der Waals surface area contributed by atoms with Gasteiger partial charge in [0.25, 0.3) is 0 Å². The van der Waals surface area contributed by atoms with Crippen LogP contribution >= 0.6 is 0 Å². The molecule has 35 heavy (non-hydrogen) atoms. The van der Waals surface area contributed by atoms with Crippen molar-refractivity contribution >= 4 is 40.8 Å². The number of benzene rings is 2. The summed E-state index contributed by atoms with van der Waals surface area (Å²) < 4.78 is 7.23. The predicted molar refractivity (Wildman–Crippen MR) is 133 cm³/mol. The first-order valence-corrected chi connectivity index (χ1v) is 10.6. The van der Waals surface area contributed by atoms with Crippen LogP contribution in [0.4, 0.5) is 33.6 Å². The van der Waals surface area contributed by atoms with E-state index in [0.717, 1.165) is 5.56 Å². The summed E-state index contributed by atoms with van der Waals surface area (Å²) in [5.74, 6) is 0.175. The van der Waals surface area contributed by atoms with Crippen LogP contribution in [0.1, 0.15) is 5.56 Å². The van der Waals surface area contributed by atoms with Gasteiger partial charge in [-0.05, 0) is 29.8 Å². The van der Waals surface area contributed by atoms with Gasteiger partial charge in [-0.2, -0.15) is 10.1 Å². The number of ether oxygens (including phenoxy) is 1. The zero-order chi connectivity index (χ0) is 24.6. The second-order valence-corrected chi connectivity index (χ2v) is 7.39. The smallest absolute Gasteiger partial charge is 0.420 e. The molecule has 10 nitrogen and oxygen atoms in total. The molecular formula is C25H23N7O3. The molecule has 4 rings (SSSR count). The van der Waals surface area contributed by atoms with Gasteiger partial charge in [0.1, 0.15) is 12.4 Å². The van der Waals surface area contributed by atoms with Crippen LogP contribution in [0.2, 0.25) is 0 Å². The molecule has 0 aliphatic rings. The van der Waals surface area contributed by atoms with Crippen LogP contribution in [0.5, 0.6) is 0 Å². The SMILES string of the molecule is C=CC(=O)Nc1cccc(N(C(=O)OCc2ccccc2)c2ccnc(Nc3cnn(C)c3)n2)c1. The molecule has 0 aliphatic heterocycles. The molecule has 0 atom stereocenters. The first-order chi connectivity index (χ1) is 17.0. The highest BCUT2D eigenvalue weighted by atomic mass is 16.6. The van der Waals surface area contributed by atoms with Gasteiger partial charge >= 0.3 is 6.09 Å². The number of hydrogen-bond acceptors (Lipinski definition) is 7. The van der Waals surface area contributed by atoms with Crippen molar-refractivity contribution in [1.82, 2.24) is 19.7 Å². The van der Waals surface area contributed by atoms with Gasteiger partial charge in [0, 0.05) is 31.2 Å². The molecule has 0 bridgehead atoms. The molecule has 10 heteroatoms. The van der Waals surface area contributed by atoms with E-state index in [1.54, 1.807) is 54.5 Å². The number of amides is 2. The standard InChI is InChI=1S/C25H23N7O3/c1-3-23(33)28-19-10-7-11-21(14-19)32(25(34)35-17-18-8-5-4-6-9-18)22-12-13-26-24(30-22)29-20-15-27-31(2)16-20/h3-16H,1,17H2,2H3,(H,28,33)(H,26,29,30). The number of nitrogens with one attached hydrogen (secondary N) is 2. The van der Waals surface area contributed by atoms with Crippen LogP contribution in [0.3, 0.4) is 0 Å². The van der Waals surface area contributed by atoms with Gasteiger partial charge in [-0.25, -0.2) is 14.7 Å². The molecule has 0 aliphatic carbocycles. The van der Waals surface area contributed by atoms with E-state index in [0.29, 0.717) is 17.1 Å². The molecule has 0 spiro atoms. The van der Waals surface area contributed by atoms with Crippen molar-refractivity contribution in [3.63, 3.8) is 0 Å². The molecule has 2 amide bonds. The van der Waals surface area contributed by atoms with Crippen LogP contribution in [0.15, 0.2) is 91.9 Å². The number of hydrogen-bond donors (Lipinski definition) is 2. The van der Waals surface area contributed by atoms with E-state index < -0.39 is 6.09 Å². The lowest BCUT2D eigenvalue weighted by Gasteiger charge is -2.22. The summed E-state index contributed by atoms with van der Waals surface area (Å²) >= 11 is 0. The number of carbonyl (C=O) groups excluding carboxylic acids is 2. The topological polar surface area (TPSA) is 114 Å². The summed E-state index contributed by atoms with van der Waals surface area (Å²) in [5.41, 5.74) is 2.46. The molecule has 4 aromatic rings. The fourth-order valence-electron chi connectivity index (χ4n) is 3.18. The van der Waals surface area contributed by atoms with Crippen molar-refractivity contribution in [3.8, 4) is 0 Å². The number of rotatable bonds is 8. The predicted octanol–water partition coefficient (Wildman–Crippen LogP) is 4.55. The Labute approximate surface area is 201 Å². The van der Waals surface area contributed by atoms with Gasteiger partial charge in [0.2, 0.25) is 11.9 Å². The van der Waals surface area contributed by atoms with Crippen molar-refractivity contribution in [1.29, 1.82) is 0 Å². The molecule has 2 heterocycles. The molecule has 2 aromatic heterocycles. The van der Waals surface area contributed by atoms with Crippen molar-refractivity contribution in [3.05, 3.63) is 97.5 Å². The van der Waals surface area contributed by atoms with E-state index in [-0.39, 0.29) is 24.3 Å². The molecule has 0 saturated carbocycles. The lowest BCUT2D eigenvalue weighted by molar-refractivity contribution is -0.111. The maximum Gasteiger partial charge on any atom is 0.420 e. The van der Waals surface area contributed by atoms with Crippen LogP contribution < -0.4 is 15.5 Å². The van der Waals surface area contributed by atoms with E-state index in [9.17, 15) is 9.59 Å². The van der Waals surface area contributed by atoms with Crippen molar-refractivity contribution in [2.45, 2.75) is 6.61 Å². The summed E-state index contributed by atoms with van der Waals surface area (Å²) in [5, 5.41) is 9.86. The van der Waals surface area contributed by atoms with Crippen molar-refractivity contribution in [2.75, 3.05) is 15.5 Å². The average molecular weight is 470 g/mol. The summed E-state index contributed by atoms with van der Waals surface area (Å²) in [6.07, 6.45) is 5.45. The Hall–Kier alpha value is -4.99. The third kappa shape index (κ3) is 6.08. The lowest BCUT2D eigenvalue weighted by Crippen LogP contribution is -2.28. The minimum Gasteiger partial charge on any atom is -0.444 e. The second kappa shape index (κ2) is 10.8. The van der Waals surface area contributed by atoms with Gasteiger partial charge in [0.15, 0.2) is 0 Å². The first-order valence-electron chi connectivity index (χ1n) is 10.6. The fourth-order valence-corrected chi connectivity index (χ4v) is 3.18. The molecule has 0 saturated heterocycles. The number of carbonyl (C=O) groups is 2. The highest BCUT2D eigenvalue weighted by molar-refractivity contribution is 6.00. The van der Waals surface area contributed by atoms with E-state index >= 15 is 0 Å². The van der Waals surface area contributed by atoms with Crippen LogP contribution in [0.25, 0.3) is 0 Å².